The Kier molecular flexibility index (Phi) is 2.80. The summed E-state index contributed by atoms with van der Waals surface area (Å²) in [7, 11) is 0. The van der Waals surface area contributed by atoms with Gasteiger partial charge in [-0.2, -0.15) is 5.10 Å². The van der Waals surface area contributed by atoms with Crippen molar-refractivity contribution in [1.82, 2.24) is 9.78 Å². The van der Waals surface area contributed by atoms with Crippen molar-refractivity contribution in [2.24, 2.45) is 0 Å². The summed E-state index contributed by atoms with van der Waals surface area (Å²) in [6.07, 6.45) is 1.74. The van der Waals surface area contributed by atoms with Crippen molar-refractivity contribution in [2.75, 3.05) is 0 Å². The number of nitrogens with zero attached hydrogens (tertiary/aromatic N) is 2. The Morgan fingerprint density at radius 3 is 2.58 bits per heavy atom. The molecule has 0 spiro atoms. The van der Waals surface area contributed by atoms with E-state index in [-0.39, 0.29) is 5.75 Å². The molecule has 0 saturated carbocycles. The highest BCUT2D eigenvalue weighted by molar-refractivity contribution is 5.69. The standard InChI is InChI=1S/C16H14N2O/c1-12-7-8-16(19)14(11-12)15-9-10-17-18(15)13-5-3-2-4-6-13/h2-11,19H,1H3. The average molecular weight is 250 g/mol. The van der Waals surface area contributed by atoms with Gasteiger partial charge in [0.05, 0.1) is 17.6 Å². The Morgan fingerprint density at radius 2 is 1.79 bits per heavy atom. The Morgan fingerprint density at radius 1 is 1.00 bits per heavy atom. The second-order valence-electron chi connectivity index (χ2n) is 4.48. The highest BCUT2D eigenvalue weighted by atomic mass is 16.3. The van der Waals surface area contributed by atoms with Gasteiger partial charge in [-0.05, 0) is 37.3 Å². The van der Waals surface area contributed by atoms with E-state index in [1.165, 1.54) is 0 Å². The first-order valence-corrected chi connectivity index (χ1v) is 6.15. The van der Waals surface area contributed by atoms with Gasteiger partial charge < -0.3 is 5.11 Å². The summed E-state index contributed by atoms with van der Waals surface area (Å²) in [6, 6.07) is 17.4. The largest absolute Gasteiger partial charge is 0.507 e. The van der Waals surface area contributed by atoms with Crippen molar-refractivity contribution < 1.29 is 5.11 Å². The van der Waals surface area contributed by atoms with Crippen LogP contribution in [0, 0.1) is 6.92 Å². The molecule has 0 atom stereocenters. The van der Waals surface area contributed by atoms with Crippen LogP contribution in [0.1, 0.15) is 5.56 Å². The van der Waals surface area contributed by atoms with Gasteiger partial charge in [-0.15, -0.1) is 0 Å². The Bertz CT molecular complexity index is 702. The summed E-state index contributed by atoms with van der Waals surface area (Å²) >= 11 is 0. The molecule has 0 aliphatic heterocycles. The fraction of sp³-hybridized carbons (Fsp3) is 0.0625. The Labute approximate surface area is 111 Å². The minimum absolute atomic E-state index is 0.267. The molecule has 0 bridgehead atoms. The van der Waals surface area contributed by atoms with Crippen LogP contribution >= 0.6 is 0 Å². The van der Waals surface area contributed by atoms with Crippen LogP contribution in [0.5, 0.6) is 5.75 Å². The SMILES string of the molecule is Cc1ccc(O)c(-c2ccnn2-c2ccccc2)c1. The van der Waals surface area contributed by atoms with Crippen molar-refractivity contribution >= 4 is 0 Å². The van der Waals surface area contributed by atoms with E-state index in [1.54, 1.807) is 12.3 Å². The van der Waals surface area contributed by atoms with Crippen LogP contribution in [0.3, 0.4) is 0 Å². The van der Waals surface area contributed by atoms with Gasteiger partial charge in [0.15, 0.2) is 0 Å². The number of aromatic hydroxyl groups is 1. The highest BCUT2D eigenvalue weighted by Crippen LogP contribution is 2.31. The fourth-order valence-electron chi connectivity index (χ4n) is 2.14. The van der Waals surface area contributed by atoms with Crippen LogP contribution in [0.15, 0.2) is 60.8 Å². The van der Waals surface area contributed by atoms with E-state index in [0.29, 0.717) is 0 Å². The number of phenolic OH excluding ortho intramolecular Hbond substituents is 1. The molecule has 0 amide bonds. The maximum atomic E-state index is 10.0. The molecule has 19 heavy (non-hydrogen) atoms. The zero-order valence-electron chi connectivity index (χ0n) is 10.6. The minimum atomic E-state index is 0.267. The average Bonchev–Trinajstić information content (AvgIpc) is 2.91. The van der Waals surface area contributed by atoms with Crippen molar-refractivity contribution in [3.8, 4) is 22.7 Å². The van der Waals surface area contributed by atoms with Gasteiger partial charge in [-0.3, -0.25) is 0 Å². The summed E-state index contributed by atoms with van der Waals surface area (Å²) < 4.78 is 1.83. The molecule has 1 N–H and O–H groups in total. The summed E-state index contributed by atoms with van der Waals surface area (Å²) in [5.74, 6) is 0.267. The number of aromatic nitrogens is 2. The van der Waals surface area contributed by atoms with Crippen molar-refractivity contribution in [2.45, 2.75) is 6.92 Å². The van der Waals surface area contributed by atoms with E-state index in [9.17, 15) is 5.11 Å². The topological polar surface area (TPSA) is 38.1 Å². The summed E-state index contributed by atoms with van der Waals surface area (Å²) in [6.45, 7) is 2.01. The Balaban J connectivity index is 2.18. The smallest absolute Gasteiger partial charge is 0.124 e. The van der Waals surface area contributed by atoms with Crippen LogP contribution in [0.4, 0.5) is 0 Å². The number of hydrogen-bond donors (Lipinski definition) is 1. The van der Waals surface area contributed by atoms with Crippen LogP contribution in [-0.4, -0.2) is 14.9 Å². The normalized spacial score (nSPS) is 10.6. The minimum Gasteiger partial charge on any atom is -0.507 e. The maximum Gasteiger partial charge on any atom is 0.124 e. The fourth-order valence-corrected chi connectivity index (χ4v) is 2.14. The van der Waals surface area contributed by atoms with Crippen molar-refractivity contribution in [1.29, 1.82) is 0 Å². The van der Waals surface area contributed by atoms with E-state index in [1.807, 2.05) is 60.1 Å². The molecule has 3 rings (SSSR count). The molecule has 0 aliphatic rings. The first-order chi connectivity index (χ1) is 9.25. The lowest BCUT2D eigenvalue weighted by atomic mass is 10.1. The van der Waals surface area contributed by atoms with Crippen molar-refractivity contribution in [3.63, 3.8) is 0 Å². The second kappa shape index (κ2) is 4.61. The van der Waals surface area contributed by atoms with Crippen molar-refractivity contribution in [3.05, 3.63) is 66.4 Å². The number of aryl methyl sites for hydroxylation is 1. The molecule has 3 aromatic rings. The zero-order valence-corrected chi connectivity index (χ0v) is 10.6. The van der Waals surface area contributed by atoms with E-state index < -0.39 is 0 Å². The molecule has 1 aromatic heterocycles. The molecule has 0 saturated heterocycles. The number of para-hydroxylation sites is 1. The van der Waals surface area contributed by atoms with Crippen LogP contribution in [0.25, 0.3) is 16.9 Å². The molecular weight excluding hydrogens is 236 g/mol. The van der Waals surface area contributed by atoms with Crippen LogP contribution in [-0.2, 0) is 0 Å². The summed E-state index contributed by atoms with van der Waals surface area (Å²) in [5.41, 5.74) is 3.76. The van der Waals surface area contributed by atoms with Crippen LogP contribution < -0.4 is 0 Å². The molecule has 0 radical (unpaired) electrons. The van der Waals surface area contributed by atoms with E-state index in [4.69, 9.17) is 0 Å². The lowest BCUT2D eigenvalue weighted by molar-refractivity contribution is 0.476. The third-order valence-electron chi connectivity index (χ3n) is 3.07. The number of rotatable bonds is 2. The molecule has 2 aromatic carbocycles. The first-order valence-electron chi connectivity index (χ1n) is 6.15. The molecule has 0 fully saturated rings. The van der Waals surface area contributed by atoms with Gasteiger partial charge in [0.1, 0.15) is 5.75 Å². The maximum absolute atomic E-state index is 10.0. The van der Waals surface area contributed by atoms with Gasteiger partial charge >= 0.3 is 0 Å². The first kappa shape index (κ1) is 11.5. The van der Waals surface area contributed by atoms with E-state index in [0.717, 1.165) is 22.5 Å². The van der Waals surface area contributed by atoms with Gasteiger partial charge in [-0.25, -0.2) is 4.68 Å². The summed E-state index contributed by atoms with van der Waals surface area (Å²) in [4.78, 5) is 0. The van der Waals surface area contributed by atoms with Crippen LogP contribution in [0.2, 0.25) is 0 Å². The molecule has 0 unspecified atom stereocenters. The monoisotopic (exact) mass is 250 g/mol. The highest BCUT2D eigenvalue weighted by Gasteiger charge is 2.11. The van der Waals surface area contributed by atoms with Gasteiger partial charge in [0.25, 0.3) is 0 Å². The number of phenols is 1. The predicted octanol–water partition coefficient (Wildman–Crippen LogP) is 3.55. The van der Waals surface area contributed by atoms with Gasteiger partial charge in [-0.1, -0.05) is 29.8 Å². The number of benzene rings is 2. The second-order valence-corrected chi connectivity index (χ2v) is 4.48. The van der Waals surface area contributed by atoms with E-state index in [2.05, 4.69) is 5.10 Å². The zero-order chi connectivity index (χ0) is 13.2. The molecule has 0 aliphatic carbocycles. The summed E-state index contributed by atoms with van der Waals surface area (Å²) in [5, 5.41) is 14.4. The lowest BCUT2D eigenvalue weighted by Crippen LogP contribution is -1.98. The van der Waals surface area contributed by atoms with Gasteiger partial charge in [0, 0.05) is 5.56 Å². The molecule has 3 nitrogen and oxygen atoms in total. The quantitative estimate of drug-likeness (QED) is 0.755. The van der Waals surface area contributed by atoms with E-state index >= 15 is 0 Å². The third kappa shape index (κ3) is 2.10. The molecule has 94 valence electrons. The predicted molar refractivity (Wildman–Crippen MR) is 75.4 cm³/mol. The van der Waals surface area contributed by atoms with Gasteiger partial charge in [0.2, 0.25) is 0 Å². The Hall–Kier alpha value is -2.55. The lowest BCUT2D eigenvalue weighted by Gasteiger charge is -2.09. The number of hydrogen-bond acceptors (Lipinski definition) is 2. The molecule has 3 heteroatoms. The molecular formula is C16H14N2O. The molecule has 1 heterocycles. The third-order valence-corrected chi connectivity index (χ3v) is 3.07.